The number of rotatable bonds is 3. The fraction of sp³-hybridized carbons (Fsp3) is 0.105. The van der Waals surface area contributed by atoms with Crippen LogP contribution in [0, 0.1) is 13.8 Å². The van der Waals surface area contributed by atoms with Gasteiger partial charge in [-0.3, -0.25) is 5.32 Å². The van der Waals surface area contributed by atoms with E-state index in [9.17, 15) is 4.79 Å². The van der Waals surface area contributed by atoms with Crippen LogP contribution in [0.25, 0.3) is 21.3 Å². The average Bonchev–Trinajstić information content (AvgIpc) is 3.16. The van der Waals surface area contributed by atoms with Crippen LogP contribution in [0.15, 0.2) is 47.0 Å². The van der Waals surface area contributed by atoms with Crippen LogP contribution in [0.4, 0.5) is 15.6 Å². The molecule has 0 bridgehead atoms. The molecular formula is C19H15ClN4O2S. The first-order valence-electron chi connectivity index (χ1n) is 8.17. The number of aryl methyl sites for hydroxylation is 2. The largest absolute Gasteiger partial charge is 0.361 e. The molecule has 2 aromatic carbocycles. The molecule has 0 saturated carbocycles. The first-order chi connectivity index (χ1) is 13.0. The highest BCUT2D eigenvalue weighted by Gasteiger charge is 2.14. The van der Waals surface area contributed by atoms with Gasteiger partial charge in [0.25, 0.3) is 0 Å². The molecular weight excluding hydrogens is 384 g/mol. The van der Waals surface area contributed by atoms with Crippen molar-refractivity contribution in [3.05, 3.63) is 58.9 Å². The van der Waals surface area contributed by atoms with Crippen molar-refractivity contribution in [2.75, 3.05) is 10.6 Å². The first-order valence-corrected chi connectivity index (χ1v) is 9.36. The summed E-state index contributed by atoms with van der Waals surface area (Å²) in [5.41, 5.74) is 4.27. The maximum atomic E-state index is 12.2. The summed E-state index contributed by atoms with van der Waals surface area (Å²) in [6.45, 7) is 3.80. The van der Waals surface area contributed by atoms with Crippen LogP contribution in [0.3, 0.4) is 0 Å². The highest BCUT2D eigenvalue weighted by atomic mass is 35.5. The Bertz CT molecular complexity index is 1130. The van der Waals surface area contributed by atoms with Crippen molar-refractivity contribution in [3.63, 3.8) is 0 Å². The fourth-order valence-electron chi connectivity index (χ4n) is 2.85. The molecule has 2 N–H and O–H groups in total. The van der Waals surface area contributed by atoms with Crippen LogP contribution in [0.5, 0.6) is 0 Å². The Morgan fingerprint density at radius 3 is 2.74 bits per heavy atom. The van der Waals surface area contributed by atoms with Crippen LogP contribution in [-0.2, 0) is 0 Å². The molecule has 6 nitrogen and oxygen atoms in total. The van der Waals surface area contributed by atoms with Gasteiger partial charge in [-0.05, 0) is 49.7 Å². The van der Waals surface area contributed by atoms with Gasteiger partial charge in [0.05, 0.1) is 15.9 Å². The lowest BCUT2D eigenvalue weighted by Crippen LogP contribution is -2.19. The molecule has 0 aliphatic heterocycles. The minimum absolute atomic E-state index is 0.373. The van der Waals surface area contributed by atoms with Gasteiger partial charge in [0.1, 0.15) is 5.76 Å². The van der Waals surface area contributed by atoms with Gasteiger partial charge in [0.2, 0.25) is 0 Å². The highest BCUT2D eigenvalue weighted by Crippen LogP contribution is 2.33. The van der Waals surface area contributed by atoms with Gasteiger partial charge in [-0.2, -0.15) is 0 Å². The summed E-state index contributed by atoms with van der Waals surface area (Å²) in [5, 5.41) is 10.6. The highest BCUT2D eigenvalue weighted by molar-refractivity contribution is 7.22. The summed E-state index contributed by atoms with van der Waals surface area (Å²) in [6.07, 6.45) is 0. The molecule has 0 saturated heterocycles. The number of amides is 2. The fourth-order valence-corrected chi connectivity index (χ4v) is 3.94. The summed E-state index contributed by atoms with van der Waals surface area (Å²) in [7, 11) is 0. The maximum absolute atomic E-state index is 12.2. The smallest absolute Gasteiger partial charge is 0.325 e. The molecule has 136 valence electrons. The van der Waals surface area contributed by atoms with E-state index in [1.54, 1.807) is 24.3 Å². The zero-order chi connectivity index (χ0) is 19.0. The number of thiazole rings is 1. The van der Waals surface area contributed by atoms with Gasteiger partial charge in [0, 0.05) is 16.3 Å². The van der Waals surface area contributed by atoms with Gasteiger partial charge >= 0.3 is 6.03 Å². The molecule has 0 spiro atoms. The summed E-state index contributed by atoms with van der Waals surface area (Å²) < 4.78 is 6.21. The van der Waals surface area contributed by atoms with Crippen LogP contribution in [-0.4, -0.2) is 16.2 Å². The van der Waals surface area contributed by atoms with E-state index in [0.29, 0.717) is 15.8 Å². The molecule has 4 rings (SSSR count). The maximum Gasteiger partial charge on any atom is 0.325 e. The number of nitrogens with one attached hydrogen (secondary N) is 2. The molecule has 4 aromatic rings. The number of nitrogens with zero attached hydrogens (tertiary/aromatic N) is 2. The number of hydrogen-bond donors (Lipinski definition) is 2. The van der Waals surface area contributed by atoms with E-state index in [0.717, 1.165) is 32.8 Å². The average molecular weight is 399 g/mol. The van der Waals surface area contributed by atoms with Crippen molar-refractivity contribution >= 4 is 50.0 Å². The number of fused-ring (bicyclic) bond motifs is 1. The molecule has 0 radical (unpaired) electrons. The van der Waals surface area contributed by atoms with Crippen molar-refractivity contribution in [2.24, 2.45) is 0 Å². The van der Waals surface area contributed by atoms with Crippen molar-refractivity contribution in [1.82, 2.24) is 10.1 Å². The number of anilines is 2. The van der Waals surface area contributed by atoms with Gasteiger partial charge in [-0.1, -0.05) is 40.2 Å². The molecule has 2 heterocycles. The Morgan fingerprint density at radius 2 is 2.00 bits per heavy atom. The molecule has 0 atom stereocenters. The second-order valence-electron chi connectivity index (χ2n) is 5.99. The zero-order valence-corrected chi connectivity index (χ0v) is 16.1. The van der Waals surface area contributed by atoms with Crippen LogP contribution in [0.2, 0.25) is 5.02 Å². The molecule has 2 amide bonds. The lowest BCUT2D eigenvalue weighted by molar-refractivity contribution is 0.262. The molecule has 27 heavy (non-hydrogen) atoms. The third kappa shape index (κ3) is 3.65. The van der Waals surface area contributed by atoms with Crippen LogP contribution >= 0.6 is 22.9 Å². The quantitative estimate of drug-likeness (QED) is 0.452. The predicted octanol–water partition coefficient (Wildman–Crippen LogP) is 5.87. The van der Waals surface area contributed by atoms with Crippen molar-refractivity contribution < 1.29 is 9.32 Å². The zero-order valence-electron chi connectivity index (χ0n) is 14.5. The monoisotopic (exact) mass is 398 g/mol. The normalized spacial score (nSPS) is 10.9. The van der Waals surface area contributed by atoms with Crippen LogP contribution in [0.1, 0.15) is 11.5 Å². The van der Waals surface area contributed by atoms with Gasteiger partial charge in [0.15, 0.2) is 5.13 Å². The summed E-state index contributed by atoms with van der Waals surface area (Å²) in [4.78, 5) is 16.7. The van der Waals surface area contributed by atoms with Gasteiger partial charge in [-0.15, -0.1) is 0 Å². The first kappa shape index (κ1) is 17.5. The van der Waals surface area contributed by atoms with E-state index in [2.05, 4.69) is 20.8 Å². The summed E-state index contributed by atoms with van der Waals surface area (Å²) >= 11 is 7.33. The number of carbonyl (C=O) groups is 1. The van der Waals surface area contributed by atoms with E-state index >= 15 is 0 Å². The third-order valence-electron chi connectivity index (χ3n) is 4.01. The second-order valence-corrected chi connectivity index (χ2v) is 7.46. The Labute approximate surface area is 164 Å². The SMILES string of the molecule is Cc1noc(C)c1-c1ccc2nc(NC(=O)Nc3cccc(Cl)c3)sc2c1. The number of urea groups is 1. The summed E-state index contributed by atoms with van der Waals surface area (Å²) in [5.74, 6) is 0.774. The number of benzene rings is 2. The third-order valence-corrected chi connectivity index (χ3v) is 5.18. The van der Waals surface area contributed by atoms with Crippen molar-refractivity contribution in [1.29, 1.82) is 0 Å². The topological polar surface area (TPSA) is 80.1 Å². The molecule has 0 fully saturated rings. The predicted molar refractivity (Wildman–Crippen MR) is 109 cm³/mol. The Hall–Kier alpha value is -2.90. The standard InChI is InChI=1S/C19H15ClN4O2S/c1-10-17(11(2)26-24-10)12-6-7-15-16(8-12)27-19(22-15)23-18(25)21-14-5-3-4-13(20)9-14/h3-9H,1-2H3,(H2,21,22,23,25). The van der Waals surface area contributed by atoms with Gasteiger partial charge in [-0.25, -0.2) is 9.78 Å². The van der Waals surface area contributed by atoms with E-state index < -0.39 is 0 Å². The number of carbonyl (C=O) groups excluding carboxylic acids is 1. The lowest BCUT2D eigenvalue weighted by Gasteiger charge is -2.05. The van der Waals surface area contributed by atoms with Crippen molar-refractivity contribution in [3.8, 4) is 11.1 Å². The molecule has 0 unspecified atom stereocenters. The Morgan fingerprint density at radius 1 is 1.15 bits per heavy atom. The molecule has 0 aliphatic rings. The number of halogens is 1. The molecule has 0 aliphatic carbocycles. The molecule has 2 aromatic heterocycles. The van der Waals surface area contributed by atoms with E-state index in [-0.39, 0.29) is 6.03 Å². The Kier molecular flexibility index (Phi) is 4.55. The second kappa shape index (κ2) is 7.02. The lowest BCUT2D eigenvalue weighted by atomic mass is 10.0. The Balaban J connectivity index is 1.56. The minimum atomic E-state index is -0.373. The summed E-state index contributed by atoms with van der Waals surface area (Å²) in [6, 6.07) is 12.5. The van der Waals surface area contributed by atoms with E-state index in [1.807, 2.05) is 32.0 Å². The number of hydrogen-bond acceptors (Lipinski definition) is 5. The van der Waals surface area contributed by atoms with Gasteiger partial charge < -0.3 is 9.84 Å². The van der Waals surface area contributed by atoms with E-state index in [4.69, 9.17) is 16.1 Å². The number of aromatic nitrogens is 2. The molecule has 8 heteroatoms. The van der Waals surface area contributed by atoms with Crippen molar-refractivity contribution in [2.45, 2.75) is 13.8 Å². The van der Waals surface area contributed by atoms with Crippen LogP contribution < -0.4 is 10.6 Å². The minimum Gasteiger partial charge on any atom is -0.361 e. The van der Waals surface area contributed by atoms with E-state index in [1.165, 1.54) is 11.3 Å².